The fraction of sp³-hybridized carbons (Fsp3) is 0.267. The van der Waals surface area contributed by atoms with E-state index >= 15 is 0 Å². The number of aromatic nitrogens is 2. The zero-order chi connectivity index (χ0) is 14.4. The molecule has 0 fully saturated rings. The van der Waals surface area contributed by atoms with Gasteiger partial charge >= 0.3 is 0 Å². The predicted octanol–water partition coefficient (Wildman–Crippen LogP) is 3.05. The Labute approximate surface area is 124 Å². The van der Waals surface area contributed by atoms with Crippen molar-refractivity contribution in [2.75, 3.05) is 11.4 Å². The number of nitrogens with zero attached hydrogens (tertiary/aromatic N) is 3. The molecule has 0 spiro atoms. The minimum absolute atomic E-state index is 0.269. The van der Waals surface area contributed by atoms with Crippen LogP contribution in [0, 0.1) is 0 Å². The van der Waals surface area contributed by atoms with Crippen molar-refractivity contribution in [3.63, 3.8) is 0 Å². The number of thiocarbonyl (C=S) groups is 1. The highest BCUT2D eigenvalue weighted by molar-refractivity contribution is 7.80. The third-order valence-corrected chi connectivity index (χ3v) is 3.16. The van der Waals surface area contributed by atoms with E-state index in [1.54, 1.807) is 12.4 Å². The van der Waals surface area contributed by atoms with Crippen LogP contribution in [0.15, 0.2) is 42.7 Å². The summed E-state index contributed by atoms with van der Waals surface area (Å²) in [7, 11) is 0. The molecular formula is C15H18N4S. The van der Waals surface area contributed by atoms with Crippen LogP contribution in [0.1, 0.15) is 25.5 Å². The van der Waals surface area contributed by atoms with Crippen molar-refractivity contribution in [1.82, 2.24) is 9.97 Å². The number of benzene rings is 1. The van der Waals surface area contributed by atoms with Gasteiger partial charge in [-0.3, -0.25) is 0 Å². The highest BCUT2D eigenvalue weighted by atomic mass is 32.1. The Morgan fingerprint density at radius 3 is 2.55 bits per heavy atom. The number of hydrogen-bond acceptors (Lipinski definition) is 4. The lowest BCUT2D eigenvalue weighted by Gasteiger charge is -2.25. The van der Waals surface area contributed by atoms with Gasteiger partial charge in [0.2, 0.25) is 0 Å². The van der Waals surface area contributed by atoms with E-state index in [9.17, 15) is 0 Å². The third-order valence-electron chi connectivity index (χ3n) is 2.97. The van der Waals surface area contributed by atoms with Crippen molar-refractivity contribution in [3.05, 3.63) is 48.4 Å². The summed E-state index contributed by atoms with van der Waals surface area (Å²) in [4.78, 5) is 11.1. The second kappa shape index (κ2) is 6.96. The summed E-state index contributed by atoms with van der Waals surface area (Å²) in [5.41, 5.74) is 7.40. The molecular weight excluding hydrogens is 268 g/mol. The van der Waals surface area contributed by atoms with Gasteiger partial charge in [-0.05, 0) is 18.6 Å². The van der Waals surface area contributed by atoms with Gasteiger partial charge in [-0.25, -0.2) is 9.97 Å². The molecule has 20 heavy (non-hydrogen) atoms. The maximum absolute atomic E-state index is 5.76. The minimum Gasteiger partial charge on any atom is -0.388 e. The summed E-state index contributed by atoms with van der Waals surface area (Å²) in [6.45, 7) is 3.02. The smallest absolute Gasteiger partial charge is 0.162 e. The highest BCUT2D eigenvalue weighted by Crippen LogP contribution is 2.25. The van der Waals surface area contributed by atoms with Crippen LogP contribution >= 0.6 is 12.2 Å². The van der Waals surface area contributed by atoms with Gasteiger partial charge in [-0.1, -0.05) is 43.8 Å². The summed E-state index contributed by atoms with van der Waals surface area (Å²) in [6, 6.07) is 10.1. The van der Waals surface area contributed by atoms with Crippen LogP contribution in [0.5, 0.6) is 0 Å². The SMILES string of the molecule is CCCCN(c1ccccc1)c1nccnc1C(N)=S. The number of hydrogen-bond donors (Lipinski definition) is 1. The van der Waals surface area contributed by atoms with Crippen molar-refractivity contribution in [1.29, 1.82) is 0 Å². The Balaban J connectivity index is 2.44. The molecule has 0 radical (unpaired) electrons. The molecule has 104 valence electrons. The fourth-order valence-corrected chi connectivity index (χ4v) is 2.13. The van der Waals surface area contributed by atoms with E-state index in [1.807, 2.05) is 30.3 Å². The van der Waals surface area contributed by atoms with Gasteiger partial charge in [0.1, 0.15) is 10.7 Å². The van der Waals surface area contributed by atoms with Gasteiger partial charge in [-0.15, -0.1) is 0 Å². The molecule has 0 amide bonds. The van der Waals surface area contributed by atoms with Crippen molar-refractivity contribution in [2.45, 2.75) is 19.8 Å². The van der Waals surface area contributed by atoms with E-state index in [4.69, 9.17) is 18.0 Å². The number of nitrogens with two attached hydrogens (primary N) is 1. The Hall–Kier alpha value is -2.01. The van der Waals surface area contributed by atoms with E-state index in [2.05, 4.69) is 21.8 Å². The Morgan fingerprint density at radius 2 is 1.90 bits per heavy atom. The first-order valence-corrected chi connectivity index (χ1v) is 7.08. The molecule has 1 aromatic carbocycles. The van der Waals surface area contributed by atoms with Crippen molar-refractivity contribution in [2.24, 2.45) is 5.73 Å². The number of para-hydroxylation sites is 1. The molecule has 0 bridgehead atoms. The van der Waals surface area contributed by atoms with Crippen LogP contribution < -0.4 is 10.6 Å². The second-order valence-electron chi connectivity index (χ2n) is 4.43. The Bertz CT molecular complexity index is 571. The number of unbranched alkanes of at least 4 members (excludes halogenated alkanes) is 1. The maximum atomic E-state index is 5.76. The Kier molecular flexibility index (Phi) is 5.01. The van der Waals surface area contributed by atoms with Crippen molar-refractivity contribution >= 4 is 28.7 Å². The van der Waals surface area contributed by atoms with E-state index < -0.39 is 0 Å². The summed E-state index contributed by atoms with van der Waals surface area (Å²) >= 11 is 5.08. The van der Waals surface area contributed by atoms with Gasteiger partial charge in [-0.2, -0.15) is 0 Å². The third kappa shape index (κ3) is 3.30. The van der Waals surface area contributed by atoms with Crippen LogP contribution in [-0.4, -0.2) is 21.5 Å². The van der Waals surface area contributed by atoms with Gasteiger partial charge in [0.05, 0.1) is 0 Å². The molecule has 0 unspecified atom stereocenters. The van der Waals surface area contributed by atoms with Gasteiger partial charge < -0.3 is 10.6 Å². The second-order valence-corrected chi connectivity index (χ2v) is 4.87. The van der Waals surface area contributed by atoms with Crippen LogP contribution in [0.4, 0.5) is 11.5 Å². The maximum Gasteiger partial charge on any atom is 0.162 e. The van der Waals surface area contributed by atoms with Gasteiger partial charge in [0, 0.05) is 24.6 Å². The molecule has 5 heteroatoms. The fourth-order valence-electron chi connectivity index (χ4n) is 1.98. The lowest BCUT2D eigenvalue weighted by molar-refractivity contribution is 0.777. The van der Waals surface area contributed by atoms with Crippen LogP contribution in [0.25, 0.3) is 0 Å². The lowest BCUT2D eigenvalue weighted by atomic mass is 10.2. The average Bonchev–Trinajstić information content (AvgIpc) is 2.49. The van der Waals surface area contributed by atoms with Crippen molar-refractivity contribution in [3.8, 4) is 0 Å². The van der Waals surface area contributed by atoms with E-state index in [-0.39, 0.29) is 4.99 Å². The van der Waals surface area contributed by atoms with Crippen LogP contribution in [0.3, 0.4) is 0 Å². The first-order valence-electron chi connectivity index (χ1n) is 6.67. The highest BCUT2D eigenvalue weighted by Gasteiger charge is 2.16. The molecule has 0 aliphatic rings. The van der Waals surface area contributed by atoms with E-state index in [0.717, 1.165) is 30.9 Å². The zero-order valence-corrected chi connectivity index (χ0v) is 12.3. The largest absolute Gasteiger partial charge is 0.388 e. The lowest BCUT2D eigenvalue weighted by Crippen LogP contribution is -2.24. The van der Waals surface area contributed by atoms with Crippen molar-refractivity contribution < 1.29 is 0 Å². The molecule has 0 saturated heterocycles. The monoisotopic (exact) mass is 286 g/mol. The summed E-state index contributed by atoms with van der Waals surface area (Å²) < 4.78 is 0. The summed E-state index contributed by atoms with van der Waals surface area (Å²) in [5.74, 6) is 0.722. The molecule has 2 N–H and O–H groups in total. The zero-order valence-electron chi connectivity index (χ0n) is 11.5. The first kappa shape index (κ1) is 14.4. The summed E-state index contributed by atoms with van der Waals surface area (Å²) in [5, 5.41) is 0. The molecule has 1 heterocycles. The topological polar surface area (TPSA) is 55.0 Å². The van der Waals surface area contributed by atoms with Gasteiger partial charge in [0.15, 0.2) is 5.82 Å². The molecule has 0 atom stereocenters. The van der Waals surface area contributed by atoms with E-state index in [1.165, 1.54) is 0 Å². The molecule has 0 aliphatic carbocycles. The van der Waals surface area contributed by atoms with Gasteiger partial charge in [0.25, 0.3) is 0 Å². The van der Waals surface area contributed by atoms with Crippen LogP contribution in [-0.2, 0) is 0 Å². The quantitative estimate of drug-likeness (QED) is 0.827. The standard InChI is InChI=1S/C15H18N4S/c1-2-3-11-19(12-7-5-4-6-8-12)15-13(14(16)20)17-9-10-18-15/h4-10H,2-3,11H2,1H3,(H2,16,20). The Morgan fingerprint density at radius 1 is 1.20 bits per heavy atom. The predicted molar refractivity (Wildman–Crippen MR) is 86.3 cm³/mol. The average molecular weight is 286 g/mol. The first-order chi connectivity index (χ1) is 9.74. The molecule has 0 aliphatic heterocycles. The normalized spacial score (nSPS) is 10.2. The molecule has 0 saturated carbocycles. The molecule has 2 aromatic rings. The van der Waals surface area contributed by atoms with E-state index in [0.29, 0.717) is 5.69 Å². The number of rotatable bonds is 6. The molecule has 1 aromatic heterocycles. The van der Waals surface area contributed by atoms with Crippen LogP contribution in [0.2, 0.25) is 0 Å². The number of anilines is 2. The molecule has 4 nitrogen and oxygen atoms in total. The minimum atomic E-state index is 0.269. The summed E-state index contributed by atoms with van der Waals surface area (Å²) in [6.07, 6.45) is 5.44. The molecule has 2 rings (SSSR count).